The molecule has 188 valence electrons. The fourth-order valence-electron chi connectivity index (χ4n) is 6.34. The summed E-state index contributed by atoms with van der Waals surface area (Å²) in [4.78, 5) is 23.5. The van der Waals surface area contributed by atoms with Crippen LogP contribution in [0, 0.1) is 0 Å². The van der Waals surface area contributed by atoms with E-state index in [-0.39, 0.29) is 11.4 Å². The number of fused-ring (bicyclic) bond motifs is 1. The predicted molar refractivity (Wildman–Crippen MR) is 142 cm³/mol. The molecule has 2 aromatic rings. The Balaban J connectivity index is 0.00000124. The van der Waals surface area contributed by atoms with Gasteiger partial charge in [-0.1, -0.05) is 62.4 Å². The van der Waals surface area contributed by atoms with E-state index in [1.54, 1.807) is 0 Å². The molecule has 5 nitrogen and oxygen atoms in total. The summed E-state index contributed by atoms with van der Waals surface area (Å²) in [6, 6.07) is 19.9. The molecule has 0 atom stereocenters. The zero-order valence-electron chi connectivity index (χ0n) is 21.7. The molecule has 0 bridgehead atoms. The van der Waals surface area contributed by atoms with E-state index in [0.717, 1.165) is 70.3 Å². The SMILES string of the molecule is CC.O=C1c2ccccc2CN1CC1(N2CCN(C3CC3)CC2)CCN(Cc2ccccc2)CC1. The number of hydrogen-bond acceptors (Lipinski definition) is 4. The molecule has 0 aromatic heterocycles. The highest BCUT2D eigenvalue weighted by molar-refractivity contribution is 5.98. The summed E-state index contributed by atoms with van der Waals surface area (Å²) < 4.78 is 0. The molecule has 2 saturated heterocycles. The molecule has 1 aliphatic carbocycles. The number of amides is 1. The van der Waals surface area contributed by atoms with Crippen LogP contribution in [0.2, 0.25) is 0 Å². The van der Waals surface area contributed by atoms with E-state index in [0.29, 0.717) is 0 Å². The van der Waals surface area contributed by atoms with E-state index in [2.05, 4.69) is 62.1 Å². The summed E-state index contributed by atoms with van der Waals surface area (Å²) in [7, 11) is 0. The van der Waals surface area contributed by atoms with Gasteiger partial charge in [-0.3, -0.25) is 19.5 Å². The average Bonchev–Trinajstić information content (AvgIpc) is 3.72. The van der Waals surface area contributed by atoms with Crippen molar-refractivity contribution >= 4 is 5.91 Å². The van der Waals surface area contributed by atoms with Crippen LogP contribution in [0.25, 0.3) is 0 Å². The van der Waals surface area contributed by atoms with Crippen LogP contribution in [0.1, 0.15) is 61.0 Å². The van der Waals surface area contributed by atoms with Gasteiger partial charge in [0.2, 0.25) is 0 Å². The van der Waals surface area contributed by atoms with Crippen molar-refractivity contribution in [1.82, 2.24) is 19.6 Å². The van der Waals surface area contributed by atoms with Gasteiger partial charge in [-0.2, -0.15) is 0 Å². The Kier molecular flexibility index (Phi) is 7.56. The largest absolute Gasteiger partial charge is 0.332 e. The van der Waals surface area contributed by atoms with Gasteiger partial charge in [0.1, 0.15) is 0 Å². The van der Waals surface area contributed by atoms with Gasteiger partial charge in [-0.25, -0.2) is 0 Å². The molecule has 1 amide bonds. The molecule has 4 aliphatic rings. The molecule has 6 rings (SSSR count). The first kappa shape index (κ1) is 24.5. The lowest BCUT2D eigenvalue weighted by atomic mass is 9.84. The lowest BCUT2D eigenvalue weighted by Crippen LogP contribution is -2.64. The first-order valence-corrected chi connectivity index (χ1v) is 13.8. The molecule has 0 N–H and O–H groups in total. The smallest absolute Gasteiger partial charge is 0.254 e. The van der Waals surface area contributed by atoms with Crippen LogP contribution in [0.5, 0.6) is 0 Å². The number of piperidine rings is 1. The Morgan fingerprint density at radius 1 is 0.829 bits per heavy atom. The quantitative estimate of drug-likeness (QED) is 0.617. The Morgan fingerprint density at radius 3 is 2.14 bits per heavy atom. The Labute approximate surface area is 211 Å². The number of hydrogen-bond donors (Lipinski definition) is 0. The van der Waals surface area contributed by atoms with Crippen molar-refractivity contribution in [2.24, 2.45) is 0 Å². The van der Waals surface area contributed by atoms with Gasteiger partial charge < -0.3 is 4.90 Å². The minimum absolute atomic E-state index is 0.0977. The van der Waals surface area contributed by atoms with Gasteiger partial charge in [-0.05, 0) is 42.9 Å². The molecule has 3 aliphatic heterocycles. The molecule has 0 spiro atoms. The van der Waals surface area contributed by atoms with Crippen LogP contribution in [0.4, 0.5) is 0 Å². The van der Waals surface area contributed by atoms with E-state index < -0.39 is 0 Å². The Hall–Kier alpha value is -2.21. The Morgan fingerprint density at radius 2 is 1.49 bits per heavy atom. The van der Waals surface area contributed by atoms with Gasteiger partial charge >= 0.3 is 0 Å². The summed E-state index contributed by atoms with van der Waals surface area (Å²) in [5, 5.41) is 0. The molecule has 0 radical (unpaired) electrons. The minimum Gasteiger partial charge on any atom is -0.332 e. The summed E-state index contributed by atoms with van der Waals surface area (Å²) in [6.45, 7) is 13.5. The van der Waals surface area contributed by atoms with Gasteiger partial charge in [0, 0.05) is 76.0 Å². The number of likely N-dealkylation sites (tertiary alicyclic amines) is 1. The highest BCUT2D eigenvalue weighted by Gasteiger charge is 2.45. The van der Waals surface area contributed by atoms with Crippen molar-refractivity contribution in [2.45, 2.75) is 64.2 Å². The highest BCUT2D eigenvalue weighted by Crippen LogP contribution is 2.36. The fourth-order valence-corrected chi connectivity index (χ4v) is 6.34. The van der Waals surface area contributed by atoms with Crippen molar-refractivity contribution in [3.63, 3.8) is 0 Å². The average molecular weight is 475 g/mol. The molecule has 5 heteroatoms. The Bertz CT molecular complexity index is 973. The third-order valence-electron chi connectivity index (χ3n) is 8.47. The van der Waals surface area contributed by atoms with Crippen molar-refractivity contribution in [3.05, 3.63) is 71.3 Å². The minimum atomic E-state index is 0.0977. The predicted octanol–water partition coefficient (Wildman–Crippen LogP) is 4.48. The van der Waals surface area contributed by atoms with Crippen LogP contribution < -0.4 is 0 Å². The van der Waals surface area contributed by atoms with Crippen molar-refractivity contribution < 1.29 is 4.79 Å². The second-order valence-electron chi connectivity index (χ2n) is 10.6. The van der Waals surface area contributed by atoms with E-state index in [9.17, 15) is 4.79 Å². The second kappa shape index (κ2) is 10.8. The summed E-state index contributed by atoms with van der Waals surface area (Å²) in [5.74, 6) is 0.230. The lowest BCUT2D eigenvalue weighted by molar-refractivity contribution is -0.0299. The van der Waals surface area contributed by atoms with Crippen LogP contribution in [0.3, 0.4) is 0 Å². The molecule has 0 unspecified atom stereocenters. The fraction of sp³-hybridized carbons (Fsp3) is 0.567. The van der Waals surface area contributed by atoms with E-state index in [1.807, 2.05) is 26.0 Å². The molecular weight excluding hydrogens is 432 g/mol. The number of benzene rings is 2. The maximum Gasteiger partial charge on any atom is 0.254 e. The van der Waals surface area contributed by atoms with Crippen molar-refractivity contribution in [3.8, 4) is 0 Å². The number of carbonyl (C=O) groups is 1. The number of rotatable bonds is 6. The van der Waals surface area contributed by atoms with E-state index in [1.165, 1.54) is 37.1 Å². The van der Waals surface area contributed by atoms with Crippen LogP contribution in [0.15, 0.2) is 54.6 Å². The summed E-state index contributed by atoms with van der Waals surface area (Å²) in [6.07, 6.45) is 5.06. The first-order valence-electron chi connectivity index (χ1n) is 13.8. The van der Waals surface area contributed by atoms with Crippen LogP contribution in [-0.2, 0) is 13.1 Å². The maximum atomic E-state index is 13.2. The highest BCUT2D eigenvalue weighted by atomic mass is 16.2. The number of piperazine rings is 1. The third-order valence-corrected chi connectivity index (χ3v) is 8.47. The molecule has 2 aromatic carbocycles. The zero-order chi connectivity index (χ0) is 24.3. The van der Waals surface area contributed by atoms with Gasteiger partial charge in [-0.15, -0.1) is 0 Å². The zero-order valence-corrected chi connectivity index (χ0v) is 21.7. The van der Waals surface area contributed by atoms with Gasteiger partial charge in [0.25, 0.3) is 5.91 Å². The third kappa shape index (κ3) is 5.32. The monoisotopic (exact) mass is 474 g/mol. The second-order valence-corrected chi connectivity index (χ2v) is 10.6. The van der Waals surface area contributed by atoms with Crippen LogP contribution in [-0.4, -0.2) is 82.9 Å². The van der Waals surface area contributed by atoms with E-state index in [4.69, 9.17) is 0 Å². The van der Waals surface area contributed by atoms with Gasteiger partial charge in [0.15, 0.2) is 0 Å². The molecule has 3 fully saturated rings. The topological polar surface area (TPSA) is 30.0 Å². The molecular formula is C30H42N4O. The molecule has 3 heterocycles. The van der Waals surface area contributed by atoms with Crippen molar-refractivity contribution in [1.29, 1.82) is 0 Å². The standard InChI is InChI=1S/C28H36N4O.C2H6/c33-27-26-9-5-4-8-24(26)21-31(27)22-28(32-18-16-30(17-19-32)25-10-11-25)12-14-29(15-13-28)20-23-6-2-1-3-7-23;1-2/h1-9,25H,10-22H2;1-2H3. The van der Waals surface area contributed by atoms with E-state index >= 15 is 0 Å². The maximum absolute atomic E-state index is 13.2. The normalized spacial score (nSPS) is 23.0. The van der Waals surface area contributed by atoms with Crippen LogP contribution >= 0.6 is 0 Å². The molecule has 1 saturated carbocycles. The number of nitrogens with zero attached hydrogens (tertiary/aromatic N) is 4. The summed E-state index contributed by atoms with van der Waals surface area (Å²) in [5.41, 5.74) is 3.60. The summed E-state index contributed by atoms with van der Waals surface area (Å²) >= 11 is 0. The van der Waals surface area contributed by atoms with Gasteiger partial charge in [0.05, 0.1) is 0 Å². The number of carbonyl (C=O) groups excluding carboxylic acids is 1. The molecule has 35 heavy (non-hydrogen) atoms. The lowest BCUT2D eigenvalue weighted by Gasteiger charge is -2.53. The van der Waals surface area contributed by atoms with Crippen molar-refractivity contribution in [2.75, 3.05) is 45.8 Å². The first-order chi connectivity index (χ1) is 17.2.